The average molecular weight is 464 g/mol. The fourth-order valence-electron chi connectivity index (χ4n) is 3.92. The predicted molar refractivity (Wildman–Crippen MR) is 125 cm³/mol. The minimum absolute atomic E-state index is 0.135. The van der Waals surface area contributed by atoms with Gasteiger partial charge < -0.3 is 10.2 Å². The lowest BCUT2D eigenvalue weighted by Gasteiger charge is -2.32. The third-order valence-electron chi connectivity index (χ3n) is 6.08. The van der Waals surface area contributed by atoms with Gasteiger partial charge in [-0.15, -0.1) is 0 Å². The minimum Gasteiger partial charge on any atom is -0.322 e. The minimum atomic E-state index is -3.65. The Morgan fingerprint density at radius 2 is 1.84 bits per heavy atom. The number of nitrogens with zero attached hydrogens (tertiary/aromatic N) is 1. The Kier molecular flexibility index (Phi) is 7.42. The van der Waals surface area contributed by atoms with E-state index in [2.05, 4.69) is 22.0 Å². The van der Waals surface area contributed by atoms with Gasteiger partial charge in [-0.25, -0.2) is 13.1 Å². The van der Waals surface area contributed by atoms with Crippen LogP contribution in [0.5, 0.6) is 0 Å². The van der Waals surface area contributed by atoms with E-state index in [1.807, 2.05) is 6.92 Å². The summed E-state index contributed by atoms with van der Waals surface area (Å²) in [5.74, 6) is 0.0410. The second kappa shape index (κ2) is 9.69. The fraction of sp³-hybridized carbons (Fsp3) is 0.435. The van der Waals surface area contributed by atoms with Crippen LogP contribution in [0.4, 0.5) is 5.69 Å². The van der Waals surface area contributed by atoms with Crippen molar-refractivity contribution in [3.05, 3.63) is 58.1 Å². The molecular formula is C23H30ClN3O3S. The first-order valence-corrected chi connectivity index (χ1v) is 12.3. The standard InChI is InChI=1S/C23H30ClN3O3S/c1-15-14-19(31(29,30)26-17(3)18-10-12-27(4)13-11-18)8-9-22(15)25-23(28)20-6-5-7-21(24)16(20)2/h5-9,14,17-18,26H,10-13H2,1-4H3,(H,25,28)/t17-/m1/s1. The van der Waals surface area contributed by atoms with E-state index in [1.165, 1.54) is 6.07 Å². The summed E-state index contributed by atoms with van der Waals surface area (Å²) in [6, 6.07) is 9.77. The molecular weight excluding hydrogens is 434 g/mol. The summed E-state index contributed by atoms with van der Waals surface area (Å²) in [4.78, 5) is 15.1. The predicted octanol–water partition coefficient (Wildman–Crippen LogP) is 4.22. The second-order valence-electron chi connectivity index (χ2n) is 8.39. The molecule has 2 aromatic rings. The van der Waals surface area contributed by atoms with Crippen molar-refractivity contribution in [3.8, 4) is 0 Å². The molecule has 1 aliphatic rings. The largest absolute Gasteiger partial charge is 0.322 e. The van der Waals surface area contributed by atoms with Crippen LogP contribution >= 0.6 is 11.6 Å². The molecule has 0 spiro atoms. The molecule has 0 radical (unpaired) electrons. The molecule has 0 bridgehead atoms. The van der Waals surface area contributed by atoms with Gasteiger partial charge in [0.1, 0.15) is 0 Å². The summed E-state index contributed by atoms with van der Waals surface area (Å²) in [5, 5.41) is 3.38. The number of hydrogen-bond acceptors (Lipinski definition) is 4. The van der Waals surface area contributed by atoms with Crippen molar-refractivity contribution in [1.29, 1.82) is 0 Å². The van der Waals surface area contributed by atoms with Crippen molar-refractivity contribution in [1.82, 2.24) is 9.62 Å². The van der Waals surface area contributed by atoms with Crippen LogP contribution in [0.2, 0.25) is 5.02 Å². The number of nitrogens with one attached hydrogen (secondary N) is 2. The number of benzene rings is 2. The molecule has 1 aliphatic heterocycles. The van der Waals surface area contributed by atoms with Crippen molar-refractivity contribution in [2.24, 2.45) is 5.92 Å². The van der Waals surface area contributed by atoms with Gasteiger partial charge in [0.05, 0.1) is 4.90 Å². The SMILES string of the molecule is Cc1cc(S(=O)(=O)N[C@H](C)C2CCN(C)CC2)ccc1NC(=O)c1cccc(Cl)c1C. The van der Waals surface area contributed by atoms with Crippen LogP contribution in [0.1, 0.15) is 41.3 Å². The van der Waals surface area contributed by atoms with Crippen molar-refractivity contribution in [3.63, 3.8) is 0 Å². The van der Waals surface area contributed by atoms with E-state index >= 15 is 0 Å². The molecule has 0 saturated carbocycles. The Morgan fingerprint density at radius 3 is 2.48 bits per heavy atom. The number of carbonyl (C=O) groups excluding carboxylic acids is 1. The van der Waals surface area contributed by atoms with Crippen LogP contribution < -0.4 is 10.0 Å². The zero-order valence-corrected chi connectivity index (χ0v) is 20.0. The van der Waals surface area contributed by atoms with Crippen molar-refractivity contribution < 1.29 is 13.2 Å². The summed E-state index contributed by atoms with van der Waals surface area (Å²) >= 11 is 6.11. The highest BCUT2D eigenvalue weighted by Crippen LogP contribution is 2.25. The van der Waals surface area contributed by atoms with Gasteiger partial charge in [-0.3, -0.25) is 4.79 Å². The van der Waals surface area contributed by atoms with Crippen molar-refractivity contribution in [2.45, 2.75) is 44.6 Å². The molecule has 1 saturated heterocycles. The van der Waals surface area contributed by atoms with Gasteiger partial charge in [0, 0.05) is 22.3 Å². The van der Waals surface area contributed by atoms with Gasteiger partial charge in [-0.05, 0) is 101 Å². The summed E-state index contributed by atoms with van der Waals surface area (Å²) in [7, 11) is -1.56. The van der Waals surface area contributed by atoms with Crippen LogP contribution in [-0.2, 0) is 10.0 Å². The van der Waals surface area contributed by atoms with Crippen molar-refractivity contribution in [2.75, 3.05) is 25.5 Å². The molecule has 1 amide bonds. The second-order valence-corrected chi connectivity index (χ2v) is 10.5. The summed E-state index contributed by atoms with van der Waals surface area (Å²) in [6.45, 7) is 7.46. The number of sulfonamides is 1. The van der Waals surface area contributed by atoms with Gasteiger partial charge >= 0.3 is 0 Å². The summed E-state index contributed by atoms with van der Waals surface area (Å²) in [6.07, 6.45) is 1.96. The zero-order chi connectivity index (χ0) is 22.8. The molecule has 2 N–H and O–H groups in total. The van der Waals surface area contributed by atoms with Crippen LogP contribution in [0.15, 0.2) is 41.3 Å². The number of halogens is 1. The maximum absolute atomic E-state index is 12.9. The van der Waals surface area contributed by atoms with E-state index in [-0.39, 0.29) is 16.8 Å². The maximum Gasteiger partial charge on any atom is 0.255 e. The van der Waals surface area contributed by atoms with Crippen LogP contribution in [0.3, 0.4) is 0 Å². The molecule has 8 heteroatoms. The summed E-state index contributed by atoms with van der Waals surface area (Å²) < 4.78 is 28.7. The Hall–Kier alpha value is -1.93. The fourth-order valence-corrected chi connectivity index (χ4v) is 5.50. The lowest BCUT2D eigenvalue weighted by Crippen LogP contribution is -2.42. The molecule has 6 nitrogen and oxygen atoms in total. The molecule has 1 heterocycles. The van der Waals surface area contributed by atoms with Crippen molar-refractivity contribution >= 4 is 33.2 Å². The Labute approximate surface area is 190 Å². The number of amides is 1. The molecule has 1 atom stereocenters. The molecule has 31 heavy (non-hydrogen) atoms. The van der Waals surface area contributed by atoms with Gasteiger partial charge in [0.15, 0.2) is 0 Å². The number of rotatable bonds is 6. The smallest absolute Gasteiger partial charge is 0.255 e. The monoisotopic (exact) mass is 463 g/mol. The third-order valence-corrected chi connectivity index (χ3v) is 8.05. The lowest BCUT2D eigenvalue weighted by atomic mass is 9.91. The van der Waals surface area contributed by atoms with Crippen LogP contribution in [-0.4, -0.2) is 45.4 Å². The highest BCUT2D eigenvalue weighted by molar-refractivity contribution is 7.89. The first kappa shape index (κ1) is 23.7. The molecule has 0 aromatic heterocycles. The van der Waals surface area contributed by atoms with E-state index in [1.54, 1.807) is 44.2 Å². The van der Waals surface area contributed by atoms with Gasteiger partial charge in [0.25, 0.3) is 5.91 Å². The van der Waals surface area contributed by atoms with Gasteiger partial charge in [0.2, 0.25) is 10.0 Å². The molecule has 2 aromatic carbocycles. The third kappa shape index (κ3) is 5.66. The highest BCUT2D eigenvalue weighted by Gasteiger charge is 2.26. The molecule has 1 fully saturated rings. The van der Waals surface area contributed by atoms with Crippen LogP contribution in [0, 0.1) is 19.8 Å². The normalized spacial score (nSPS) is 16.8. The van der Waals surface area contributed by atoms with E-state index in [4.69, 9.17) is 11.6 Å². The van der Waals surface area contributed by atoms with E-state index in [0.717, 1.165) is 25.9 Å². The molecule has 3 rings (SSSR count). The van der Waals surface area contributed by atoms with Gasteiger partial charge in [-0.2, -0.15) is 0 Å². The molecule has 0 aliphatic carbocycles. The quantitative estimate of drug-likeness (QED) is 0.672. The topological polar surface area (TPSA) is 78.5 Å². The maximum atomic E-state index is 12.9. The lowest BCUT2D eigenvalue weighted by molar-refractivity contribution is 0.102. The Bertz CT molecular complexity index is 1060. The van der Waals surface area contributed by atoms with E-state index in [9.17, 15) is 13.2 Å². The van der Waals surface area contributed by atoms with Gasteiger partial charge in [-0.1, -0.05) is 17.7 Å². The first-order chi connectivity index (χ1) is 14.6. The number of anilines is 1. The number of hydrogen-bond donors (Lipinski definition) is 2. The Morgan fingerprint density at radius 1 is 1.16 bits per heavy atom. The summed E-state index contributed by atoms with van der Waals surface area (Å²) in [5.41, 5.74) is 2.41. The number of aryl methyl sites for hydroxylation is 1. The highest BCUT2D eigenvalue weighted by atomic mass is 35.5. The number of carbonyl (C=O) groups is 1. The average Bonchev–Trinajstić information content (AvgIpc) is 2.71. The molecule has 168 valence electrons. The zero-order valence-electron chi connectivity index (χ0n) is 18.4. The van der Waals surface area contributed by atoms with E-state index in [0.29, 0.717) is 33.3 Å². The number of likely N-dealkylation sites (tertiary alicyclic amines) is 1. The van der Waals surface area contributed by atoms with Crippen LogP contribution in [0.25, 0.3) is 0 Å². The first-order valence-electron chi connectivity index (χ1n) is 10.5. The number of piperidine rings is 1. The van der Waals surface area contributed by atoms with E-state index < -0.39 is 10.0 Å². The Balaban J connectivity index is 1.72. The molecule has 0 unspecified atom stereocenters.